The molecule has 6 nitrogen and oxygen atoms in total. The number of imide groups is 1. The van der Waals surface area contributed by atoms with Crippen molar-refractivity contribution in [1.29, 1.82) is 0 Å². The number of hydrogen-bond acceptors (Lipinski definition) is 3. The molecular weight excluding hydrogens is 318 g/mol. The molecule has 1 atom stereocenters. The molecule has 0 aromatic heterocycles. The quantitative estimate of drug-likeness (QED) is 0.825. The fourth-order valence-corrected chi connectivity index (χ4v) is 3.75. The molecule has 0 unspecified atom stereocenters. The van der Waals surface area contributed by atoms with E-state index < -0.39 is 11.6 Å². The Hall–Kier alpha value is -2.37. The smallest absolute Gasteiger partial charge is 0.325 e. The third kappa shape index (κ3) is 3.67. The first-order chi connectivity index (χ1) is 12.0. The zero-order chi connectivity index (χ0) is 17.9. The third-order valence-electron chi connectivity index (χ3n) is 5.18. The van der Waals surface area contributed by atoms with Gasteiger partial charge in [-0.05, 0) is 25.3 Å². The lowest BCUT2D eigenvalue weighted by molar-refractivity contribution is -0.135. The van der Waals surface area contributed by atoms with Crippen LogP contribution in [0.15, 0.2) is 30.3 Å². The van der Waals surface area contributed by atoms with Gasteiger partial charge in [-0.3, -0.25) is 14.5 Å². The second kappa shape index (κ2) is 7.25. The van der Waals surface area contributed by atoms with Crippen LogP contribution in [-0.4, -0.2) is 34.8 Å². The minimum Gasteiger partial charge on any atom is -0.348 e. The van der Waals surface area contributed by atoms with Crippen molar-refractivity contribution in [3.63, 3.8) is 0 Å². The minimum atomic E-state index is -0.793. The predicted molar refractivity (Wildman–Crippen MR) is 93.7 cm³/mol. The van der Waals surface area contributed by atoms with Crippen LogP contribution in [0, 0.1) is 0 Å². The van der Waals surface area contributed by atoms with Crippen molar-refractivity contribution in [2.24, 2.45) is 0 Å². The number of hydrogen-bond donors (Lipinski definition) is 2. The second-order valence-electron chi connectivity index (χ2n) is 7.02. The number of nitrogens with zero attached hydrogens (tertiary/aromatic N) is 1. The first kappa shape index (κ1) is 17.5. The summed E-state index contributed by atoms with van der Waals surface area (Å²) in [5.41, 5.74) is 0.187. The Morgan fingerprint density at radius 2 is 1.80 bits per heavy atom. The lowest BCUT2D eigenvalue weighted by Crippen LogP contribution is -2.47. The van der Waals surface area contributed by atoms with Crippen molar-refractivity contribution in [1.82, 2.24) is 15.5 Å². The van der Waals surface area contributed by atoms with E-state index in [4.69, 9.17) is 0 Å². The van der Waals surface area contributed by atoms with Crippen molar-refractivity contribution in [3.05, 3.63) is 35.9 Å². The minimum absolute atomic E-state index is 0.179. The van der Waals surface area contributed by atoms with E-state index in [2.05, 4.69) is 10.6 Å². The molecule has 6 heteroatoms. The van der Waals surface area contributed by atoms with Crippen molar-refractivity contribution >= 4 is 17.8 Å². The largest absolute Gasteiger partial charge is 0.348 e. The number of carbonyl (C=O) groups is 3. The van der Waals surface area contributed by atoms with Gasteiger partial charge in [0.25, 0.3) is 5.91 Å². The second-order valence-corrected chi connectivity index (χ2v) is 7.02. The predicted octanol–water partition coefficient (Wildman–Crippen LogP) is 2.51. The Morgan fingerprint density at radius 3 is 2.44 bits per heavy atom. The van der Waals surface area contributed by atoms with Gasteiger partial charge in [0.05, 0.1) is 6.04 Å². The van der Waals surface area contributed by atoms with Crippen molar-refractivity contribution in [2.75, 3.05) is 6.54 Å². The van der Waals surface area contributed by atoms with E-state index in [-0.39, 0.29) is 24.4 Å². The number of benzene rings is 1. The average molecular weight is 343 g/mol. The molecule has 2 aliphatic rings. The molecule has 1 aromatic rings. The van der Waals surface area contributed by atoms with Crippen molar-refractivity contribution in [2.45, 2.75) is 57.0 Å². The molecule has 1 saturated heterocycles. The van der Waals surface area contributed by atoms with E-state index in [1.807, 2.05) is 37.3 Å². The van der Waals surface area contributed by atoms with Gasteiger partial charge in [-0.25, -0.2) is 4.79 Å². The molecule has 4 amide bonds. The van der Waals surface area contributed by atoms with E-state index in [1.54, 1.807) is 0 Å². The molecule has 2 N–H and O–H groups in total. The van der Waals surface area contributed by atoms with Gasteiger partial charge in [-0.1, -0.05) is 56.0 Å². The fourth-order valence-electron chi connectivity index (χ4n) is 3.75. The third-order valence-corrected chi connectivity index (χ3v) is 5.18. The van der Waals surface area contributed by atoms with Crippen LogP contribution >= 0.6 is 0 Å². The molecule has 0 radical (unpaired) electrons. The lowest BCUT2D eigenvalue weighted by atomic mass is 9.90. The Kier molecular flexibility index (Phi) is 5.06. The molecule has 1 aliphatic heterocycles. The molecule has 1 aromatic carbocycles. The fraction of sp³-hybridized carbons (Fsp3) is 0.526. The Bertz CT molecular complexity index is 651. The van der Waals surface area contributed by atoms with E-state index in [0.717, 1.165) is 36.1 Å². The molecule has 25 heavy (non-hydrogen) atoms. The molecule has 1 heterocycles. The molecule has 2 fully saturated rings. The van der Waals surface area contributed by atoms with Gasteiger partial charge in [-0.2, -0.15) is 0 Å². The Balaban J connectivity index is 1.63. The summed E-state index contributed by atoms with van der Waals surface area (Å²) in [5, 5.41) is 5.71. The topological polar surface area (TPSA) is 78.5 Å². The maximum atomic E-state index is 12.8. The molecule has 1 aliphatic carbocycles. The van der Waals surface area contributed by atoms with Gasteiger partial charge in [0.1, 0.15) is 12.1 Å². The maximum Gasteiger partial charge on any atom is 0.325 e. The van der Waals surface area contributed by atoms with Gasteiger partial charge in [0, 0.05) is 0 Å². The zero-order valence-electron chi connectivity index (χ0n) is 14.6. The summed E-state index contributed by atoms with van der Waals surface area (Å²) in [7, 11) is 0. The number of rotatable bonds is 4. The van der Waals surface area contributed by atoms with Crippen LogP contribution in [0.1, 0.15) is 57.1 Å². The van der Waals surface area contributed by atoms with Crippen LogP contribution in [0.4, 0.5) is 4.79 Å². The van der Waals surface area contributed by atoms with Crippen LogP contribution < -0.4 is 10.6 Å². The Labute approximate surface area is 148 Å². The monoisotopic (exact) mass is 343 g/mol. The van der Waals surface area contributed by atoms with E-state index >= 15 is 0 Å². The van der Waals surface area contributed by atoms with Crippen LogP contribution in [0.2, 0.25) is 0 Å². The first-order valence-corrected chi connectivity index (χ1v) is 9.00. The highest BCUT2D eigenvalue weighted by Gasteiger charge is 2.51. The van der Waals surface area contributed by atoms with E-state index in [9.17, 15) is 14.4 Å². The van der Waals surface area contributed by atoms with Gasteiger partial charge in [-0.15, -0.1) is 0 Å². The average Bonchev–Trinajstić information content (AvgIpc) is 2.77. The summed E-state index contributed by atoms with van der Waals surface area (Å²) in [5.74, 6) is -0.576. The van der Waals surface area contributed by atoms with Crippen LogP contribution in [0.25, 0.3) is 0 Å². The summed E-state index contributed by atoms with van der Waals surface area (Å²) in [6.45, 7) is 1.65. The first-order valence-electron chi connectivity index (χ1n) is 9.00. The number of carbonyl (C=O) groups excluding carboxylic acids is 3. The van der Waals surface area contributed by atoms with Gasteiger partial charge in [0.15, 0.2) is 0 Å². The van der Waals surface area contributed by atoms with Crippen LogP contribution in [0.3, 0.4) is 0 Å². The van der Waals surface area contributed by atoms with E-state index in [1.165, 1.54) is 0 Å². The SMILES string of the molecule is C[C@H](NC(=O)CN1C(=O)NC2(CCCCCC2)C1=O)c1ccccc1. The summed E-state index contributed by atoms with van der Waals surface area (Å²) in [4.78, 5) is 38.5. The van der Waals surface area contributed by atoms with Gasteiger partial charge >= 0.3 is 6.03 Å². The highest BCUT2D eigenvalue weighted by Crippen LogP contribution is 2.32. The normalized spacial score (nSPS) is 20.9. The molecular formula is C19H25N3O3. The number of nitrogens with one attached hydrogen (secondary N) is 2. The molecule has 0 bridgehead atoms. The van der Waals surface area contributed by atoms with E-state index in [0.29, 0.717) is 12.8 Å². The van der Waals surface area contributed by atoms with Crippen LogP contribution in [0.5, 0.6) is 0 Å². The van der Waals surface area contributed by atoms with Gasteiger partial charge in [0.2, 0.25) is 5.91 Å². The molecule has 3 rings (SSSR count). The van der Waals surface area contributed by atoms with Crippen molar-refractivity contribution < 1.29 is 14.4 Å². The Morgan fingerprint density at radius 1 is 1.16 bits per heavy atom. The molecule has 1 spiro atoms. The standard InChI is InChI=1S/C19H25N3O3/c1-14(15-9-5-4-6-10-15)20-16(23)13-22-17(24)19(21-18(22)25)11-7-2-3-8-12-19/h4-6,9-10,14H,2-3,7-8,11-13H2,1H3,(H,20,23)(H,21,25)/t14-/m0/s1. The summed E-state index contributed by atoms with van der Waals surface area (Å²) < 4.78 is 0. The van der Waals surface area contributed by atoms with Gasteiger partial charge < -0.3 is 10.6 Å². The number of urea groups is 1. The molecule has 1 saturated carbocycles. The summed E-state index contributed by atoms with van der Waals surface area (Å²) in [6.07, 6.45) is 5.35. The number of amides is 4. The highest BCUT2D eigenvalue weighted by molar-refractivity contribution is 6.09. The highest BCUT2D eigenvalue weighted by atomic mass is 16.2. The lowest BCUT2D eigenvalue weighted by Gasteiger charge is -2.24. The maximum absolute atomic E-state index is 12.8. The zero-order valence-corrected chi connectivity index (χ0v) is 14.6. The van der Waals surface area contributed by atoms with Crippen LogP contribution in [-0.2, 0) is 9.59 Å². The summed E-state index contributed by atoms with van der Waals surface area (Å²) in [6, 6.07) is 8.96. The summed E-state index contributed by atoms with van der Waals surface area (Å²) >= 11 is 0. The molecule has 134 valence electrons. The van der Waals surface area contributed by atoms with Crippen molar-refractivity contribution in [3.8, 4) is 0 Å².